The summed E-state index contributed by atoms with van der Waals surface area (Å²) in [6, 6.07) is 7.45. The highest BCUT2D eigenvalue weighted by atomic mass is 35.5. The second kappa shape index (κ2) is 5.99. The zero-order chi connectivity index (χ0) is 13.8. The molecule has 0 saturated carbocycles. The number of nitrogens with one attached hydrogen (secondary N) is 1. The van der Waals surface area contributed by atoms with Crippen molar-refractivity contribution in [2.24, 2.45) is 0 Å². The quantitative estimate of drug-likeness (QED) is 0.881. The highest BCUT2D eigenvalue weighted by Crippen LogP contribution is 2.27. The van der Waals surface area contributed by atoms with Crippen LogP contribution in [-0.4, -0.2) is 28.6 Å². The lowest BCUT2D eigenvalue weighted by Crippen LogP contribution is -2.20. The first-order chi connectivity index (χ1) is 9.10. The van der Waals surface area contributed by atoms with Crippen LogP contribution in [0.1, 0.15) is 6.92 Å². The number of benzene rings is 1. The van der Waals surface area contributed by atoms with E-state index in [1.165, 1.54) is 11.3 Å². The Bertz CT molecular complexity index is 569. The molecule has 1 N–H and O–H groups in total. The van der Waals surface area contributed by atoms with Crippen LogP contribution in [-0.2, 0) is 4.79 Å². The summed E-state index contributed by atoms with van der Waals surface area (Å²) in [5.41, 5.74) is 0.915. The van der Waals surface area contributed by atoms with Crippen molar-refractivity contribution in [1.82, 2.24) is 10.2 Å². The highest BCUT2D eigenvalue weighted by Gasteiger charge is 2.13. The molecule has 0 saturated heterocycles. The van der Waals surface area contributed by atoms with Gasteiger partial charge >= 0.3 is 0 Å². The second-order valence-electron chi connectivity index (χ2n) is 3.75. The molecule has 1 heterocycles. The van der Waals surface area contributed by atoms with Crippen LogP contribution in [0, 0.1) is 0 Å². The third kappa shape index (κ3) is 3.42. The molecule has 0 aliphatic rings. The van der Waals surface area contributed by atoms with Crippen molar-refractivity contribution in [1.29, 1.82) is 0 Å². The van der Waals surface area contributed by atoms with Gasteiger partial charge in [0.25, 0.3) is 0 Å². The van der Waals surface area contributed by atoms with Gasteiger partial charge in [-0.25, -0.2) is 0 Å². The van der Waals surface area contributed by atoms with E-state index in [0.29, 0.717) is 5.13 Å². The van der Waals surface area contributed by atoms with Gasteiger partial charge in [-0.2, -0.15) is 0 Å². The average molecular weight is 298 g/mol. The Morgan fingerprint density at radius 2 is 2.05 bits per heavy atom. The number of aromatic nitrogens is 2. The molecule has 19 heavy (non-hydrogen) atoms. The normalized spacial score (nSPS) is 11.9. The van der Waals surface area contributed by atoms with Crippen molar-refractivity contribution in [3.05, 3.63) is 24.3 Å². The van der Waals surface area contributed by atoms with Crippen LogP contribution in [0.5, 0.6) is 5.75 Å². The molecule has 1 amide bonds. The molecule has 0 unspecified atom stereocenters. The first-order valence-corrected chi connectivity index (χ1v) is 6.78. The van der Waals surface area contributed by atoms with Crippen molar-refractivity contribution >= 4 is 34.0 Å². The van der Waals surface area contributed by atoms with Crippen molar-refractivity contribution in [3.8, 4) is 16.3 Å². The molecule has 0 aliphatic heterocycles. The Kier molecular flexibility index (Phi) is 4.34. The Labute approximate surface area is 119 Å². The van der Waals surface area contributed by atoms with Crippen LogP contribution in [0.3, 0.4) is 0 Å². The van der Waals surface area contributed by atoms with Gasteiger partial charge < -0.3 is 4.74 Å². The summed E-state index contributed by atoms with van der Waals surface area (Å²) in [6.45, 7) is 1.60. The van der Waals surface area contributed by atoms with Gasteiger partial charge in [-0.1, -0.05) is 11.3 Å². The van der Waals surface area contributed by atoms with Crippen LogP contribution < -0.4 is 10.1 Å². The number of rotatable bonds is 4. The van der Waals surface area contributed by atoms with E-state index in [-0.39, 0.29) is 5.91 Å². The first-order valence-electron chi connectivity index (χ1n) is 5.53. The van der Waals surface area contributed by atoms with Gasteiger partial charge in [-0.15, -0.1) is 21.8 Å². The number of anilines is 1. The molecule has 2 aromatic rings. The standard InChI is InChI=1S/C12H12ClN3O2S/c1-7(13)10(17)14-12-16-15-11(19-12)8-3-5-9(18-2)6-4-8/h3-7H,1-2H3,(H,14,16,17)/t7-/m1/s1. The molecule has 7 heteroatoms. The lowest BCUT2D eigenvalue weighted by Gasteiger charge is -2.01. The average Bonchev–Trinajstić information content (AvgIpc) is 2.87. The summed E-state index contributed by atoms with van der Waals surface area (Å²) < 4.78 is 5.08. The zero-order valence-electron chi connectivity index (χ0n) is 10.4. The van der Waals surface area contributed by atoms with Crippen molar-refractivity contribution < 1.29 is 9.53 Å². The molecule has 2 rings (SSSR count). The third-order valence-electron chi connectivity index (χ3n) is 2.35. The van der Waals surface area contributed by atoms with Crippen LogP contribution in [0.2, 0.25) is 0 Å². The lowest BCUT2D eigenvalue weighted by atomic mass is 10.2. The summed E-state index contributed by atoms with van der Waals surface area (Å²) in [7, 11) is 1.61. The fraction of sp³-hybridized carbons (Fsp3) is 0.250. The number of carbonyl (C=O) groups is 1. The van der Waals surface area contributed by atoms with Crippen LogP contribution in [0.4, 0.5) is 5.13 Å². The molecule has 1 atom stereocenters. The van der Waals surface area contributed by atoms with Gasteiger partial charge in [-0.3, -0.25) is 10.1 Å². The maximum Gasteiger partial charge on any atom is 0.243 e. The van der Waals surface area contributed by atoms with Crippen LogP contribution in [0.15, 0.2) is 24.3 Å². The molecular formula is C12H12ClN3O2S. The largest absolute Gasteiger partial charge is 0.497 e. The summed E-state index contributed by atoms with van der Waals surface area (Å²) >= 11 is 6.96. The smallest absolute Gasteiger partial charge is 0.243 e. The van der Waals surface area contributed by atoms with E-state index in [0.717, 1.165) is 16.3 Å². The number of methoxy groups -OCH3 is 1. The Balaban J connectivity index is 2.13. The van der Waals surface area contributed by atoms with Gasteiger partial charge in [0.05, 0.1) is 7.11 Å². The molecule has 5 nitrogen and oxygen atoms in total. The zero-order valence-corrected chi connectivity index (χ0v) is 12.0. The number of halogens is 1. The molecule has 0 aliphatic carbocycles. The van der Waals surface area contributed by atoms with E-state index < -0.39 is 5.38 Å². The minimum Gasteiger partial charge on any atom is -0.497 e. The Morgan fingerprint density at radius 3 is 2.63 bits per heavy atom. The van der Waals surface area contributed by atoms with Gasteiger partial charge in [0.15, 0.2) is 0 Å². The Hall–Kier alpha value is -1.66. The third-order valence-corrected chi connectivity index (χ3v) is 3.44. The predicted molar refractivity (Wildman–Crippen MR) is 75.8 cm³/mol. The molecular weight excluding hydrogens is 286 g/mol. The maximum atomic E-state index is 11.4. The van der Waals surface area contributed by atoms with Crippen molar-refractivity contribution in [2.45, 2.75) is 12.3 Å². The number of hydrogen-bond donors (Lipinski definition) is 1. The van der Waals surface area contributed by atoms with E-state index >= 15 is 0 Å². The molecule has 0 radical (unpaired) electrons. The minimum absolute atomic E-state index is 0.293. The number of carbonyl (C=O) groups excluding carboxylic acids is 1. The van der Waals surface area contributed by atoms with Crippen LogP contribution in [0.25, 0.3) is 10.6 Å². The number of nitrogens with zero attached hydrogens (tertiary/aromatic N) is 2. The fourth-order valence-corrected chi connectivity index (χ4v) is 2.14. The van der Waals surface area contributed by atoms with Gasteiger partial charge in [0.2, 0.25) is 11.0 Å². The molecule has 100 valence electrons. The molecule has 0 spiro atoms. The van der Waals surface area contributed by atoms with E-state index in [2.05, 4.69) is 15.5 Å². The summed E-state index contributed by atoms with van der Waals surface area (Å²) in [4.78, 5) is 11.4. The molecule has 1 aromatic heterocycles. The van der Waals surface area contributed by atoms with Crippen molar-refractivity contribution in [3.63, 3.8) is 0 Å². The van der Waals surface area contributed by atoms with Gasteiger partial charge in [-0.05, 0) is 31.2 Å². The molecule has 1 aromatic carbocycles. The van der Waals surface area contributed by atoms with Gasteiger partial charge in [0, 0.05) is 5.56 Å². The van der Waals surface area contributed by atoms with E-state index in [1.54, 1.807) is 14.0 Å². The molecule has 0 fully saturated rings. The topological polar surface area (TPSA) is 64.1 Å². The number of ether oxygens (including phenoxy) is 1. The monoisotopic (exact) mass is 297 g/mol. The maximum absolute atomic E-state index is 11.4. The Morgan fingerprint density at radius 1 is 1.37 bits per heavy atom. The SMILES string of the molecule is COc1ccc(-c2nnc(NC(=O)[C@@H](C)Cl)s2)cc1. The summed E-state index contributed by atoms with van der Waals surface area (Å²) in [5.74, 6) is 0.483. The second-order valence-corrected chi connectivity index (χ2v) is 5.38. The number of hydrogen-bond acceptors (Lipinski definition) is 5. The van der Waals surface area contributed by atoms with Crippen LogP contribution >= 0.6 is 22.9 Å². The number of amides is 1. The predicted octanol–water partition coefficient (Wildman–Crippen LogP) is 2.78. The highest BCUT2D eigenvalue weighted by molar-refractivity contribution is 7.18. The van der Waals surface area contributed by atoms with E-state index in [4.69, 9.17) is 16.3 Å². The lowest BCUT2D eigenvalue weighted by molar-refractivity contribution is -0.115. The summed E-state index contributed by atoms with van der Waals surface area (Å²) in [5, 5.41) is 11.1. The fourth-order valence-electron chi connectivity index (χ4n) is 1.33. The van der Waals surface area contributed by atoms with E-state index in [9.17, 15) is 4.79 Å². The number of alkyl halides is 1. The van der Waals surface area contributed by atoms with Gasteiger partial charge in [0.1, 0.15) is 16.1 Å². The minimum atomic E-state index is -0.603. The first kappa shape index (κ1) is 13.8. The molecule has 0 bridgehead atoms. The van der Waals surface area contributed by atoms with E-state index in [1.807, 2.05) is 24.3 Å². The van der Waals surface area contributed by atoms with Crippen molar-refractivity contribution in [2.75, 3.05) is 12.4 Å². The summed E-state index contributed by atoms with van der Waals surface area (Å²) in [6.07, 6.45) is 0.